The summed E-state index contributed by atoms with van der Waals surface area (Å²) < 4.78 is 6.47. The summed E-state index contributed by atoms with van der Waals surface area (Å²) in [6, 6.07) is 7.59. The minimum atomic E-state index is -0.447. The molecule has 128 valence electrons. The first-order valence-electron chi connectivity index (χ1n) is 7.32. The fourth-order valence-electron chi connectivity index (χ4n) is 1.89. The van der Waals surface area contributed by atoms with Gasteiger partial charge in [-0.1, -0.05) is 52.0 Å². The van der Waals surface area contributed by atoms with Gasteiger partial charge in [0.2, 0.25) is 0 Å². The molecule has 2 rings (SSSR count). The molecule has 1 aliphatic rings. The van der Waals surface area contributed by atoms with E-state index in [1.807, 2.05) is 38.4 Å². The fraction of sp³-hybridized carbons (Fsp3) is 0.312. The molecular formula is C16H18BrN2O3S2+. The number of thioether (sulfide) groups is 1. The van der Waals surface area contributed by atoms with Crippen LogP contribution in [0.15, 0.2) is 33.6 Å². The third kappa shape index (κ3) is 5.41. The van der Waals surface area contributed by atoms with Crippen LogP contribution in [0, 0.1) is 0 Å². The van der Waals surface area contributed by atoms with E-state index >= 15 is 0 Å². The smallest absolute Gasteiger partial charge is 0.326 e. The van der Waals surface area contributed by atoms with Gasteiger partial charge in [0, 0.05) is 4.47 Å². The van der Waals surface area contributed by atoms with Crippen LogP contribution in [0.25, 0.3) is 6.08 Å². The van der Waals surface area contributed by atoms with Crippen LogP contribution in [0.3, 0.4) is 0 Å². The highest BCUT2D eigenvalue weighted by Crippen LogP contribution is 2.32. The standard InChI is InChI=1S/C16H17BrN2O3S2/c1-18(2)7-8-22-14(20)10-19-15(21)13(24-16(19)23)9-11-3-5-12(17)6-4-11/h3-6,9H,7-8,10H2,1-2H3/p+1/b13-9-. The van der Waals surface area contributed by atoms with Crippen molar-refractivity contribution in [1.82, 2.24) is 4.90 Å². The zero-order valence-corrected chi connectivity index (χ0v) is 16.6. The molecule has 5 nitrogen and oxygen atoms in total. The molecule has 0 aliphatic carbocycles. The fourth-order valence-corrected chi connectivity index (χ4v) is 3.41. The zero-order chi connectivity index (χ0) is 17.7. The molecule has 0 spiro atoms. The van der Waals surface area contributed by atoms with Gasteiger partial charge in [0.05, 0.1) is 19.0 Å². The van der Waals surface area contributed by atoms with Gasteiger partial charge < -0.3 is 9.64 Å². The summed E-state index contributed by atoms with van der Waals surface area (Å²) >= 11 is 9.78. The molecular weight excluding hydrogens is 412 g/mol. The molecule has 1 N–H and O–H groups in total. The SMILES string of the molecule is C[NH+](C)CCOC(=O)CN1C(=O)/C(=C/c2ccc(Br)cc2)SC1=S. The normalized spacial score (nSPS) is 16.3. The van der Waals surface area contributed by atoms with Crippen LogP contribution in [0.2, 0.25) is 0 Å². The van der Waals surface area contributed by atoms with Gasteiger partial charge >= 0.3 is 5.97 Å². The van der Waals surface area contributed by atoms with E-state index in [0.29, 0.717) is 22.4 Å². The van der Waals surface area contributed by atoms with Gasteiger partial charge in [0.15, 0.2) is 0 Å². The molecule has 0 aromatic heterocycles. The van der Waals surface area contributed by atoms with E-state index < -0.39 is 5.97 Å². The Bertz CT molecular complexity index is 674. The molecule has 1 heterocycles. The van der Waals surface area contributed by atoms with E-state index in [0.717, 1.165) is 10.0 Å². The molecule has 0 bridgehead atoms. The van der Waals surface area contributed by atoms with Crippen LogP contribution in [-0.2, 0) is 14.3 Å². The highest BCUT2D eigenvalue weighted by molar-refractivity contribution is 9.10. The predicted molar refractivity (Wildman–Crippen MR) is 103 cm³/mol. The number of likely N-dealkylation sites (N-methyl/N-ethyl adjacent to an activating group) is 1. The van der Waals surface area contributed by atoms with Crippen molar-refractivity contribution in [2.45, 2.75) is 0 Å². The number of hydrogen-bond donors (Lipinski definition) is 1. The Kier molecular flexibility index (Phi) is 6.97. The monoisotopic (exact) mass is 429 g/mol. The van der Waals surface area contributed by atoms with Crippen LogP contribution in [0.1, 0.15) is 5.56 Å². The Labute approximate surface area is 159 Å². The average Bonchev–Trinajstić information content (AvgIpc) is 2.77. The molecule has 0 unspecified atom stereocenters. The number of carbonyl (C=O) groups excluding carboxylic acids is 2. The van der Waals surface area contributed by atoms with Crippen LogP contribution in [0.4, 0.5) is 0 Å². The van der Waals surface area contributed by atoms with Crippen molar-refractivity contribution in [2.24, 2.45) is 0 Å². The minimum absolute atomic E-state index is 0.148. The molecule has 1 saturated heterocycles. The number of amides is 1. The Morgan fingerprint density at radius 2 is 2.04 bits per heavy atom. The number of thiocarbonyl (C=S) groups is 1. The summed E-state index contributed by atoms with van der Waals surface area (Å²) in [6.07, 6.45) is 1.77. The molecule has 0 saturated carbocycles. The number of hydrogen-bond acceptors (Lipinski definition) is 5. The third-order valence-corrected chi connectivity index (χ3v) is 5.10. The topological polar surface area (TPSA) is 51.1 Å². The number of halogens is 1. The molecule has 1 aromatic carbocycles. The van der Waals surface area contributed by atoms with E-state index in [1.165, 1.54) is 21.6 Å². The largest absolute Gasteiger partial charge is 0.458 e. The molecule has 0 radical (unpaired) electrons. The van der Waals surface area contributed by atoms with Gasteiger partial charge in [-0.25, -0.2) is 0 Å². The zero-order valence-electron chi connectivity index (χ0n) is 13.4. The lowest BCUT2D eigenvalue weighted by molar-refractivity contribution is -0.858. The molecule has 24 heavy (non-hydrogen) atoms. The minimum Gasteiger partial charge on any atom is -0.458 e. The third-order valence-electron chi connectivity index (χ3n) is 3.19. The Morgan fingerprint density at radius 3 is 2.67 bits per heavy atom. The Hall–Kier alpha value is -1.22. The molecule has 1 amide bonds. The van der Waals surface area contributed by atoms with Crippen LogP contribution in [0.5, 0.6) is 0 Å². The second-order valence-electron chi connectivity index (χ2n) is 5.50. The number of ether oxygens (including phenoxy) is 1. The van der Waals surface area contributed by atoms with Gasteiger partial charge in [0.25, 0.3) is 5.91 Å². The lowest BCUT2D eigenvalue weighted by Gasteiger charge is -2.14. The number of benzene rings is 1. The van der Waals surface area contributed by atoms with Gasteiger partial charge in [-0.2, -0.15) is 0 Å². The maximum absolute atomic E-state index is 12.4. The second-order valence-corrected chi connectivity index (χ2v) is 8.09. The first kappa shape index (κ1) is 19.1. The van der Waals surface area contributed by atoms with Crippen LogP contribution < -0.4 is 4.90 Å². The number of rotatable bonds is 6. The highest BCUT2D eigenvalue weighted by atomic mass is 79.9. The quantitative estimate of drug-likeness (QED) is 0.420. The Balaban J connectivity index is 1.98. The van der Waals surface area contributed by atoms with E-state index in [9.17, 15) is 9.59 Å². The summed E-state index contributed by atoms with van der Waals surface area (Å²) in [7, 11) is 3.95. The van der Waals surface area contributed by atoms with Gasteiger partial charge in [0.1, 0.15) is 24.0 Å². The summed E-state index contributed by atoms with van der Waals surface area (Å²) in [5.41, 5.74) is 0.898. The molecule has 8 heteroatoms. The summed E-state index contributed by atoms with van der Waals surface area (Å²) in [5, 5.41) is 0. The van der Waals surface area contributed by atoms with Gasteiger partial charge in [-0.05, 0) is 23.8 Å². The summed E-state index contributed by atoms with van der Waals surface area (Å²) in [6.45, 7) is 0.892. The first-order chi connectivity index (χ1) is 11.4. The summed E-state index contributed by atoms with van der Waals surface area (Å²) in [5.74, 6) is -0.708. The number of carbonyl (C=O) groups is 2. The van der Waals surface area contributed by atoms with Crippen molar-refractivity contribution >= 4 is 62.2 Å². The average molecular weight is 430 g/mol. The van der Waals surface area contributed by atoms with Gasteiger partial charge in [-0.15, -0.1) is 0 Å². The number of nitrogens with zero attached hydrogens (tertiary/aromatic N) is 1. The number of esters is 1. The van der Waals surface area contributed by atoms with E-state index in [2.05, 4.69) is 15.9 Å². The number of nitrogens with one attached hydrogen (secondary N) is 1. The molecule has 0 atom stereocenters. The van der Waals surface area contributed by atoms with Crippen molar-refractivity contribution in [2.75, 3.05) is 33.8 Å². The summed E-state index contributed by atoms with van der Waals surface area (Å²) in [4.78, 5) is 27.3. The van der Waals surface area contributed by atoms with E-state index in [-0.39, 0.29) is 12.5 Å². The van der Waals surface area contributed by atoms with Gasteiger partial charge in [-0.3, -0.25) is 14.5 Å². The predicted octanol–water partition coefficient (Wildman–Crippen LogP) is 1.34. The maximum Gasteiger partial charge on any atom is 0.326 e. The van der Waals surface area contributed by atoms with E-state index in [1.54, 1.807) is 6.08 Å². The van der Waals surface area contributed by atoms with Crippen LogP contribution >= 0.6 is 39.9 Å². The lowest BCUT2D eigenvalue weighted by Crippen LogP contribution is -3.06. The van der Waals surface area contributed by atoms with Crippen molar-refractivity contribution in [3.05, 3.63) is 39.2 Å². The molecule has 1 aromatic rings. The van der Waals surface area contributed by atoms with Crippen LogP contribution in [-0.4, -0.2) is 54.9 Å². The Morgan fingerprint density at radius 1 is 1.38 bits per heavy atom. The lowest BCUT2D eigenvalue weighted by atomic mass is 10.2. The van der Waals surface area contributed by atoms with Crippen molar-refractivity contribution in [3.8, 4) is 0 Å². The van der Waals surface area contributed by atoms with E-state index in [4.69, 9.17) is 17.0 Å². The molecule has 1 aliphatic heterocycles. The first-order valence-corrected chi connectivity index (χ1v) is 9.34. The van der Waals surface area contributed by atoms with Crippen molar-refractivity contribution < 1.29 is 19.2 Å². The highest BCUT2D eigenvalue weighted by Gasteiger charge is 2.33. The molecule has 1 fully saturated rings. The maximum atomic E-state index is 12.4. The van der Waals surface area contributed by atoms with Crippen molar-refractivity contribution in [1.29, 1.82) is 0 Å². The number of quaternary nitrogens is 1. The van der Waals surface area contributed by atoms with Crippen molar-refractivity contribution in [3.63, 3.8) is 0 Å². The second kappa shape index (κ2) is 8.75.